The Morgan fingerprint density at radius 2 is 2.22 bits per heavy atom. The molecule has 1 heterocycles. The van der Waals surface area contributed by atoms with Crippen LogP contribution in [0, 0.1) is 0 Å². The molecule has 1 aliphatic rings. The van der Waals surface area contributed by atoms with Gasteiger partial charge in [0.25, 0.3) is 0 Å². The summed E-state index contributed by atoms with van der Waals surface area (Å²) in [6.07, 6.45) is 0.703. The highest BCUT2D eigenvalue weighted by Crippen LogP contribution is 2.27. The molecule has 1 atom stereocenters. The Morgan fingerprint density at radius 3 is 2.78 bits per heavy atom. The second-order valence-electron chi connectivity index (χ2n) is 4.19. The Hall–Kier alpha value is -0.630. The van der Waals surface area contributed by atoms with E-state index in [1.807, 2.05) is 0 Å². The minimum absolute atomic E-state index is 0.0208. The van der Waals surface area contributed by atoms with Crippen LogP contribution in [0.5, 0.6) is 0 Å². The zero-order chi connectivity index (χ0) is 13.3. The van der Waals surface area contributed by atoms with Gasteiger partial charge < -0.3 is 10.5 Å². The molecule has 1 unspecified atom stereocenters. The van der Waals surface area contributed by atoms with Gasteiger partial charge in [0.1, 0.15) is 0 Å². The Kier molecular flexibility index (Phi) is 3.96. The van der Waals surface area contributed by atoms with Crippen molar-refractivity contribution in [2.45, 2.75) is 17.4 Å². The SMILES string of the molecule is COC1CCN(S(=O)(=O)c2ccc(Br)c(N)c2)C1. The van der Waals surface area contributed by atoms with Gasteiger partial charge in [0, 0.05) is 30.4 Å². The predicted molar refractivity (Wildman–Crippen MR) is 72.7 cm³/mol. The predicted octanol–water partition coefficient (Wildman–Crippen LogP) is 1.44. The lowest BCUT2D eigenvalue weighted by Gasteiger charge is -2.16. The monoisotopic (exact) mass is 334 g/mol. The quantitative estimate of drug-likeness (QED) is 0.849. The van der Waals surface area contributed by atoms with Gasteiger partial charge in [0.2, 0.25) is 10.0 Å². The van der Waals surface area contributed by atoms with Gasteiger partial charge in [-0.05, 0) is 40.5 Å². The molecule has 5 nitrogen and oxygen atoms in total. The summed E-state index contributed by atoms with van der Waals surface area (Å²) in [6, 6.07) is 4.67. The highest BCUT2D eigenvalue weighted by atomic mass is 79.9. The Morgan fingerprint density at radius 1 is 1.50 bits per heavy atom. The molecular weight excluding hydrogens is 320 g/mol. The highest BCUT2D eigenvalue weighted by molar-refractivity contribution is 9.10. The van der Waals surface area contributed by atoms with E-state index in [0.29, 0.717) is 23.2 Å². The average molecular weight is 335 g/mol. The molecule has 1 saturated heterocycles. The van der Waals surface area contributed by atoms with Gasteiger partial charge in [-0.25, -0.2) is 8.42 Å². The maximum Gasteiger partial charge on any atom is 0.243 e. The fourth-order valence-corrected chi connectivity index (χ4v) is 3.71. The lowest BCUT2D eigenvalue weighted by Crippen LogP contribution is -2.30. The van der Waals surface area contributed by atoms with Crippen molar-refractivity contribution < 1.29 is 13.2 Å². The maximum absolute atomic E-state index is 12.4. The summed E-state index contributed by atoms with van der Waals surface area (Å²) in [7, 11) is -1.87. The van der Waals surface area contributed by atoms with Gasteiger partial charge in [0.05, 0.1) is 11.0 Å². The zero-order valence-electron chi connectivity index (χ0n) is 9.97. The number of sulfonamides is 1. The largest absolute Gasteiger partial charge is 0.398 e. The smallest absolute Gasteiger partial charge is 0.243 e. The minimum Gasteiger partial charge on any atom is -0.398 e. The highest BCUT2D eigenvalue weighted by Gasteiger charge is 2.32. The fourth-order valence-electron chi connectivity index (χ4n) is 1.94. The molecule has 1 fully saturated rings. The molecular formula is C11H15BrN2O3S. The summed E-state index contributed by atoms with van der Waals surface area (Å²) in [5, 5.41) is 0. The molecule has 1 aromatic carbocycles. The molecule has 0 aromatic heterocycles. The van der Waals surface area contributed by atoms with E-state index in [-0.39, 0.29) is 11.0 Å². The molecule has 1 aliphatic heterocycles. The molecule has 0 saturated carbocycles. The minimum atomic E-state index is -3.47. The molecule has 0 radical (unpaired) electrons. The van der Waals surface area contributed by atoms with E-state index in [2.05, 4.69) is 15.9 Å². The molecule has 0 aliphatic carbocycles. The van der Waals surface area contributed by atoms with Crippen molar-refractivity contribution in [1.82, 2.24) is 4.31 Å². The number of hydrogen-bond acceptors (Lipinski definition) is 4. The third-order valence-corrected chi connectivity index (χ3v) is 5.63. The number of rotatable bonds is 3. The molecule has 0 bridgehead atoms. The summed E-state index contributed by atoms with van der Waals surface area (Å²) in [6.45, 7) is 0.881. The maximum atomic E-state index is 12.4. The first-order valence-electron chi connectivity index (χ1n) is 5.53. The Labute approximate surface area is 115 Å². The van der Waals surface area contributed by atoms with Crippen LogP contribution in [0.4, 0.5) is 5.69 Å². The fraction of sp³-hybridized carbons (Fsp3) is 0.455. The number of nitrogens with two attached hydrogens (primary N) is 1. The van der Waals surface area contributed by atoms with E-state index in [9.17, 15) is 8.42 Å². The summed E-state index contributed by atoms with van der Waals surface area (Å²) >= 11 is 3.25. The first-order chi connectivity index (χ1) is 8.45. The molecule has 2 N–H and O–H groups in total. The van der Waals surface area contributed by atoms with Crippen LogP contribution >= 0.6 is 15.9 Å². The first-order valence-corrected chi connectivity index (χ1v) is 7.76. The van der Waals surface area contributed by atoms with Crippen LogP contribution in [0.25, 0.3) is 0 Å². The van der Waals surface area contributed by atoms with Crippen LogP contribution in [-0.4, -0.2) is 39.0 Å². The number of hydrogen-bond donors (Lipinski definition) is 1. The van der Waals surface area contributed by atoms with Crippen LogP contribution in [0.2, 0.25) is 0 Å². The third kappa shape index (κ3) is 2.54. The van der Waals surface area contributed by atoms with Crippen LogP contribution in [0.3, 0.4) is 0 Å². The van der Waals surface area contributed by atoms with Crippen molar-refractivity contribution in [3.05, 3.63) is 22.7 Å². The molecule has 0 spiro atoms. The van der Waals surface area contributed by atoms with Crippen LogP contribution in [-0.2, 0) is 14.8 Å². The summed E-state index contributed by atoms with van der Waals surface area (Å²) in [5.74, 6) is 0. The van der Waals surface area contributed by atoms with Crippen LogP contribution in [0.1, 0.15) is 6.42 Å². The molecule has 18 heavy (non-hydrogen) atoms. The Bertz CT molecular complexity index is 547. The second-order valence-corrected chi connectivity index (χ2v) is 6.99. The van der Waals surface area contributed by atoms with E-state index >= 15 is 0 Å². The lowest BCUT2D eigenvalue weighted by molar-refractivity contribution is 0.115. The molecule has 0 amide bonds. The summed E-state index contributed by atoms with van der Waals surface area (Å²) in [4.78, 5) is 0.222. The van der Waals surface area contributed by atoms with Crippen molar-refractivity contribution in [2.75, 3.05) is 25.9 Å². The van der Waals surface area contributed by atoms with Crippen molar-refractivity contribution in [3.63, 3.8) is 0 Å². The summed E-state index contributed by atoms with van der Waals surface area (Å²) < 4.78 is 32.0. The van der Waals surface area contributed by atoms with E-state index < -0.39 is 10.0 Å². The van der Waals surface area contributed by atoms with E-state index in [0.717, 1.165) is 6.42 Å². The molecule has 7 heteroatoms. The van der Waals surface area contributed by atoms with Gasteiger partial charge in [-0.15, -0.1) is 0 Å². The van der Waals surface area contributed by atoms with Crippen molar-refractivity contribution in [2.24, 2.45) is 0 Å². The third-order valence-electron chi connectivity index (χ3n) is 3.05. The number of methoxy groups -OCH3 is 1. The van der Waals surface area contributed by atoms with Gasteiger partial charge >= 0.3 is 0 Å². The van der Waals surface area contributed by atoms with Crippen molar-refractivity contribution in [1.29, 1.82) is 0 Å². The number of halogens is 1. The molecule has 1 aromatic rings. The van der Waals surface area contributed by atoms with Gasteiger partial charge in [-0.1, -0.05) is 0 Å². The van der Waals surface area contributed by atoms with Crippen molar-refractivity contribution in [3.8, 4) is 0 Å². The zero-order valence-corrected chi connectivity index (χ0v) is 12.4. The molecule has 2 rings (SSSR count). The second kappa shape index (κ2) is 5.16. The number of anilines is 1. The average Bonchev–Trinajstić information content (AvgIpc) is 2.81. The first kappa shape index (κ1) is 13.8. The van der Waals surface area contributed by atoms with Gasteiger partial charge in [-0.2, -0.15) is 4.31 Å². The van der Waals surface area contributed by atoms with Crippen molar-refractivity contribution >= 4 is 31.6 Å². The number of nitrogen functional groups attached to an aromatic ring is 1. The lowest BCUT2D eigenvalue weighted by atomic mass is 10.3. The van der Waals surface area contributed by atoms with E-state index in [1.54, 1.807) is 19.2 Å². The summed E-state index contributed by atoms with van der Waals surface area (Å²) in [5.41, 5.74) is 6.13. The number of benzene rings is 1. The molecule has 100 valence electrons. The standard InChI is InChI=1S/C11H15BrN2O3S/c1-17-8-4-5-14(7-8)18(15,16)9-2-3-10(12)11(13)6-9/h2-3,6,8H,4-5,7,13H2,1H3. The van der Waals surface area contributed by atoms with E-state index in [1.165, 1.54) is 10.4 Å². The Balaban J connectivity index is 2.28. The van der Waals surface area contributed by atoms with E-state index in [4.69, 9.17) is 10.5 Å². The van der Waals surface area contributed by atoms with Crippen LogP contribution < -0.4 is 5.73 Å². The van der Waals surface area contributed by atoms with Gasteiger partial charge in [-0.3, -0.25) is 0 Å². The van der Waals surface area contributed by atoms with Crippen LogP contribution in [0.15, 0.2) is 27.6 Å². The normalized spacial score (nSPS) is 21.3. The van der Waals surface area contributed by atoms with Gasteiger partial charge in [0.15, 0.2) is 0 Å². The topological polar surface area (TPSA) is 72.6 Å². The number of nitrogens with zero attached hydrogens (tertiary/aromatic N) is 1. The number of ether oxygens (including phenoxy) is 1.